The van der Waals surface area contributed by atoms with Gasteiger partial charge in [0.2, 0.25) is 0 Å². The summed E-state index contributed by atoms with van der Waals surface area (Å²) in [7, 11) is 0. The Kier molecular flexibility index (Phi) is 8.53. The summed E-state index contributed by atoms with van der Waals surface area (Å²) in [5.41, 5.74) is 0.993. The molecule has 1 atom stereocenters. The molecule has 1 rings (SSSR count). The fourth-order valence-electron chi connectivity index (χ4n) is 2.06. The van der Waals surface area contributed by atoms with Crippen LogP contribution in [0, 0.1) is 0 Å². The molecule has 0 saturated heterocycles. The van der Waals surface area contributed by atoms with E-state index in [1.807, 2.05) is 30.3 Å². The van der Waals surface area contributed by atoms with Crippen molar-refractivity contribution in [1.29, 1.82) is 0 Å². The minimum atomic E-state index is -0.383. The molecule has 0 aromatic heterocycles. The fourth-order valence-corrected chi connectivity index (χ4v) is 2.06. The first-order valence-electron chi connectivity index (χ1n) is 7.28. The van der Waals surface area contributed by atoms with Crippen LogP contribution in [0.25, 0.3) is 0 Å². The van der Waals surface area contributed by atoms with Gasteiger partial charge in [-0.15, -0.1) is 0 Å². The molecular formula is C16H27NO. The van der Waals surface area contributed by atoms with E-state index in [-0.39, 0.29) is 6.10 Å². The topological polar surface area (TPSA) is 32.3 Å². The summed E-state index contributed by atoms with van der Waals surface area (Å²) in [4.78, 5) is 0. The molecule has 0 aliphatic heterocycles. The number of aliphatic hydroxyl groups excluding tert-OH is 1. The van der Waals surface area contributed by atoms with E-state index in [1.54, 1.807) is 0 Å². The van der Waals surface area contributed by atoms with Crippen LogP contribution in [0.3, 0.4) is 0 Å². The van der Waals surface area contributed by atoms with E-state index >= 15 is 0 Å². The molecule has 18 heavy (non-hydrogen) atoms. The smallest absolute Gasteiger partial charge is 0.0914 e. The Morgan fingerprint density at radius 1 is 1.00 bits per heavy atom. The average Bonchev–Trinajstić information content (AvgIpc) is 2.42. The van der Waals surface area contributed by atoms with E-state index in [9.17, 15) is 5.11 Å². The van der Waals surface area contributed by atoms with E-state index in [1.165, 1.54) is 38.5 Å². The van der Waals surface area contributed by atoms with Crippen LogP contribution in [0.5, 0.6) is 0 Å². The van der Waals surface area contributed by atoms with Crippen molar-refractivity contribution >= 4 is 0 Å². The van der Waals surface area contributed by atoms with Crippen molar-refractivity contribution in [3.8, 4) is 0 Å². The summed E-state index contributed by atoms with van der Waals surface area (Å²) in [6, 6.07) is 9.84. The maximum atomic E-state index is 9.93. The van der Waals surface area contributed by atoms with Crippen molar-refractivity contribution in [2.75, 3.05) is 13.1 Å². The van der Waals surface area contributed by atoms with E-state index in [4.69, 9.17) is 0 Å². The second kappa shape index (κ2) is 10.1. The van der Waals surface area contributed by atoms with Gasteiger partial charge in [0.25, 0.3) is 0 Å². The van der Waals surface area contributed by atoms with Gasteiger partial charge < -0.3 is 10.4 Å². The van der Waals surface area contributed by atoms with Crippen LogP contribution in [0.15, 0.2) is 30.3 Å². The van der Waals surface area contributed by atoms with Gasteiger partial charge in [-0.25, -0.2) is 0 Å². The Hall–Kier alpha value is -0.860. The molecule has 0 heterocycles. The largest absolute Gasteiger partial charge is 0.387 e. The van der Waals surface area contributed by atoms with Gasteiger partial charge in [0, 0.05) is 6.54 Å². The third-order valence-electron chi connectivity index (χ3n) is 3.23. The van der Waals surface area contributed by atoms with Gasteiger partial charge in [-0.1, -0.05) is 69.4 Å². The molecule has 0 saturated carbocycles. The van der Waals surface area contributed by atoms with Crippen molar-refractivity contribution in [3.63, 3.8) is 0 Å². The molecule has 0 spiro atoms. The van der Waals surface area contributed by atoms with Crippen molar-refractivity contribution in [3.05, 3.63) is 35.9 Å². The Morgan fingerprint density at radius 2 is 1.67 bits per heavy atom. The number of hydrogen-bond donors (Lipinski definition) is 2. The molecule has 1 aromatic carbocycles. The van der Waals surface area contributed by atoms with Crippen molar-refractivity contribution in [2.45, 2.75) is 51.6 Å². The molecule has 2 N–H and O–H groups in total. The molecule has 1 unspecified atom stereocenters. The highest BCUT2D eigenvalue weighted by Gasteiger charge is 2.04. The highest BCUT2D eigenvalue weighted by atomic mass is 16.3. The Labute approximate surface area is 111 Å². The first-order chi connectivity index (χ1) is 8.84. The minimum Gasteiger partial charge on any atom is -0.387 e. The van der Waals surface area contributed by atoms with Crippen LogP contribution in [0.1, 0.15) is 57.1 Å². The predicted molar refractivity (Wildman–Crippen MR) is 77.6 cm³/mol. The number of hydrogen-bond acceptors (Lipinski definition) is 2. The second-order valence-corrected chi connectivity index (χ2v) is 4.90. The zero-order chi connectivity index (χ0) is 13.1. The summed E-state index contributed by atoms with van der Waals surface area (Å²) < 4.78 is 0. The minimum absolute atomic E-state index is 0.383. The second-order valence-electron chi connectivity index (χ2n) is 4.90. The summed E-state index contributed by atoms with van der Waals surface area (Å²) in [6.45, 7) is 3.90. The Morgan fingerprint density at radius 3 is 2.39 bits per heavy atom. The fraction of sp³-hybridized carbons (Fsp3) is 0.625. The van der Waals surface area contributed by atoms with Gasteiger partial charge in [0.1, 0.15) is 0 Å². The van der Waals surface area contributed by atoms with Crippen LogP contribution >= 0.6 is 0 Å². The number of benzene rings is 1. The first-order valence-corrected chi connectivity index (χ1v) is 7.28. The molecule has 2 heteroatoms. The van der Waals surface area contributed by atoms with Crippen molar-refractivity contribution < 1.29 is 5.11 Å². The van der Waals surface area contributed by atoms with Crippen molar-refractivity contribution in [2.24, 2.45) is 0 Å². The maximum absolute atomic E-state index is 9.93. The highest BCUT2D eigenvalue weighted by Crippen LogP contribution is 2.10. The number of aliphatic hydroxyl groups is 1. The van der Waals surface area contributed by atoms with Crippen LogP contribution in [0.2, 0.25) is 0 Å². The standard InChI is InChI=1S/C16H27NO/c1-2-3-4-5-6-10-13-17-14-16(18)15-11-8-7-9-12-15/h7-9,11-12,16-18H,2-6,10,13-14H2,1H3. The lowest BCUT2D eigenvalue weighted by Gasteiger charge is -2.12. The van der Waals surface area contributed by atoms with Crippen LogP contribution in [0.4, 0.5) is 0 Å². The first kappa shape index (κ1) is 15.2. The number of rotatable bonds is 10. The molecular weight excluding hydrogens is 222 g/mol. The number of nitrogens with one attached hydrogen (secondary N) is 1. The molecule has 102 valence electrons. The lowest BCUT2D eigenvalue weighted by Crippen LogP contribution is -2.22. The number of unbranched alkanes of at least 4 members (excludes halogenated alkanes) is 5. The van der Waals surface area contributed by atoms with Gasteiger partial charge in [-0.3, -0.25) is 0 Å². The van der Waals surface area contributed by atoms with Crippen LogP contribution < -0.4 is 5.32 Å². The Balaban J connectivity index is 1.98. The zero-order valence-electron chi connectivity index (χ0n) is 11.6. The third-order valence-corrected chi connectivity index (χ3v) is 3.23. The lowest BCUT2D eigenvalue weighted by atomic mass is 10.1. The maximum Gasteiger partial charge on any atom is 0.0914 e. The predicted octanol–water partition coefficient (Wildman–Crippen LogP) is 3.67. The normalized spacial score (nSPS) is 12.6. The molecule has 0 bridgehead atoms. The average molecular weight is 249 g/mol. The Bertz CT molecular complexity index is 286. The van der Waals surface area contributed by atoms with E-state index in [0.29, 0.717) is 6.54 Å². The monoisotopic (exact) mass is 249 g/mol. The summed E-state index contributed by atoms with van der Waals surface area (Å²) >= 11 is 0. The van der Waals surface area contributed by atoms with Gasteiger partial charge >= 0.3 is 0 Å². The molecule has 0 aliphatic carbocycles. The zero-order valence-corrected chi connectivity index (χ0v) is 11.6. The van der Waals surface area contributed by atoms with Crippen LogP contribution in [-0.2, 0) is 0 Å². The molecule has 0 radical (unpaired) electrons. The quantitative estimate of drug-likeness (QED) is 0.620. The van der Waals surface area contributed by atoms with Gasteiger partial charge in [0.05, 0.1) is 6.10 Å². The van der Waals surface area contributed by atoms with Gasteiger partial charge in [-0.2, -0.15) is 0 Å². The molecule has 0 fully saturated rings. The molecule has 0 aliphatic rings. The van der Waals surface area contributed by atoms with E-state index < -0.39 is 0 Å². The molecule has 0 amide bonds. The molecule has 1 aromatic rings. The summed E-state index contributed by atoms with van der Waals surface area (Å²) in [6.07, 6.45) is 7.51. The summed E-state index contributed by atoms with van der Waals surface area (Å²) in [5.74, 6) is 0. The SMILES string of the molecule is CCCCCCCCNCC(O)c1ccccc1. The highest BCUT2D eigenvalue weighted by molar-refractivity contribution is 5.17. The lowest BCUT2D eigenvalue weighted by molar-refractivity contribution is 0.174. The van der Waals surface area contributed by atoms with Gasteiger partial charge in [-0.05, 0) is 18.5 Å². The van der Waals surface area contributed by atoms with E-state index in [2.05, 4.69) is 12.2 Å². The van der Waals surface area contributed by atoms with Crippen molar-refractivity contribution in [1.82, 2.24) is 5.32 Å². The molecule has 2 nitrogen and oxygen atoms in total. The third kappa shape index (κ3) is 6.77. The van der Waals surface area contributed by atoms with Gasteiger partial charge in [0.15, 0.2) is 0 Å². The van der Waals surface area contributed by atoms with Crippen LogP contribution in [-0.4, -0.2) is 18.2 Å². The summed E-state index contributed by atoms with van der Waals surface area (Å²) in [5, 5.41) is 13.3. The van der Waals surface area contributed by atoms with E-state index in [0.717, 1.165) is 12.1 Å².